The maximum Gasteiger partial charge on any atom is 0.243 e. The Hall–Kier alpha value is -3.19. The highest BCUT2D eigenvalue weighted by Crippen LogP contribution is 2.24. The van der Waals surface area contributed by atoms with Crippen LogP contribution in [0.2, 0.25) is 5.02 Å². The molecule has 162 valence electrons. The Morgan fingerprint density at radius 3 is 2.22 bits per heavy atom. The Balaban J connectivity index is 1.62. The standard InChI is InChI=1S/C25H21ClN2O3S/c26-21-13-15-22(16-14-21)32(30,31)28(17-19-7-2-1-3-8-19)18-25(29)27-24-12-6-10-20-9-4-5-11-23(20)24/h1-16H,17-18H2,(H,27,29). The van der Waals surface area contributed by atoms with Gasteiger partial charge in [-0.3, -0.25) is 4.79 Å². The molecule has 0 bridgehead atoms. The minimum Gasteiger partial charge on any atom is -0.324 e. The molecule has 0 saturated heterocycles. The number of amides is 1. The van der Waals surface area contributed by atoms with Crippen LogP contribution in [0.3, 0.4) is 0 Å². The Morgan fingerprint density at radius 1 is 0.812 bits per heavy atom. The van der Waals surface area contributed by atoms with Crippen molar-refractivity contribution in [3.63, 3.8) is 0 Å². The van der Waals surface area contributed by atoms with E-state index < -0.39 is 15.9 Å². The minimum atomic E-state index is -3.93. The van der Waals surface area contributed by atoms with E-state index in [0.29, 0.717) is 10.7 Å². The smallest absolute Gasteiger partial charge is 0.243 e. The van der Waals surface area contributed by atoms with Gasteiger partial charge in [0.25, 0.3) is 0 Å². The summed E-state index contributed by atoms with van der Waals surface area (Å²) in [6.07, 6.45) is 0. The van der Waals surface area contributed by atoms with Gasteiger partial charge in [0.2, 0.25) is 15.9 Å². The second-order valence-electron chi connectivity index (χ2n) is 7.29. The second kappa shape index (κ2) is 9.53. The lowest BCUT2D eigenvalue weighted by Crippen LogP contribution is -2.37. The second-order valence-corrected chi connectivity index (χ2v) is 9.66. The summed E-state index contributed by atoms with van der Waals surface area (Å²) in [5, 5.41) is 5.18. The number of carbonyl (C=O) groups excluding carboxylic acids is 1. The average molecular weight is 465 g/mol. The van der Waals surface area contributed by atoms with Gasteiger partial charge in [-0.05, 0) is 41.3 Å². The zero-order chi connectivity index (χ0) is 22.6. The number of halogens is 1. The zero-order valence-corrected chi connectivity index (χ0v) is 18.7. The van der Waals surface area contributed by atoms with Crippen LogP contribution >= 0.6 is 11.6 Å². The third kappa shape index (κ3) is 4.99. The highest BCUT2D eigenvalue weighted by Gasteiger charge is 2.27. The van der Waals surface area contributed by atoms with Gasteiger partial charge in [-0.2, -0.15) is 4.31 Å². The van der Waals surface area contributed by atoms with E-state index in [1.54, 1.807) is 6.07 Å². The maximum absolute atomic E-state index is 13.4. The van der Waals surface area contributed by atoms with Crippen molar-refractivity contribution in [1.29, 1.82) is 0 Å². The molecule has 0 saturated carbocycles. The Labute approximate surface area is 192 Å². The van der Waals surface area contributed by atoms with E-state index in [4.69, 9.17) is 11.6 Å². The van der Waals surface area contributed by atoms with Gasteiger partial charge in [0, 0.05) is 22.6 Å². The van der Waals surface area contributed by atoms with E-state index in [9.17, 15) is 13.2 Å². The number of sulfonamides is 1. The van der Waals surface area contributed by atoms with Crippen LogP contribution in [-0.2, 0) is 21.4 Å². The SMILES string of the molecule is O=C(CN(Cc1ccccc1)S(=O)(=O)c1ccc(Cl)cc1)Nc1cccc2ccccc12. The fourth-order valence-electron chi connectivity index (χ4n) is 3.45. The van der Waals surface area contributed by atoms with Crippen LogP contribution in [-0.4, -0.2) is 25.2 Å². The zero-order valence-electron chi connectivity index (χ0n) is 17.1. The molecular formula is C25H21ClN2O3S. The molecular weight excluding hydrogens is 444 g/mol. The lowest BCUT2D eigenvalue weighted by molar-refractivity contribution is -0.116. The number of nitrogens with zero attached hydrogens (tertiary/aromatic N) is 1. The molecule has 0 aliphatic heterocycles. The normalized spacial score (nSPS) is 11.6. The lowest BCUT2D eigenvalue weighted by Gasteiger charge is -2.22. The Bertz CT molecular complexity index is 1340. The maximum atomic E-state index is 13.4. The van der Waals surface area contributed by atoms with Crippen molar-refractivity contribution < 1.29 is 13.2 Å². The minimum absolute atomic E-state index is 0.0642. The average Bonchev–Trinajstić information content (AvgIpc) is 2.80. The lowest BCUT2D eigenvalue weighted by atomic mass is 10.1. The number of anilines is 1. The number of nitrogens with one attached hydrogen (secondary N) is 1. The van der Waals surface area contributed by atoms with Crippen molar-refractivity contribution in [2.75, 3.05) is 11.9 Å². The van der Waals surface area contributed by atoms with Crippen molar-refractivity contribution in [2.24, 2.45) is 0 Å². The summed E-state index contributed by atoms with van der Waals surface area (Å²) < 4.78 is 27.9. The number of hydrogen-bond acceptors (Lipinski definition) is 3. The number of rotatable bonds is 7. The molecule has 1 amide bonds. The van der Waals surface area contributed by atoms with Crippen LogP contribution in [0.25, 0.3) is 10.8 Å². The number of fused-ring (bicyclic) bond motifs is 1. The molecule has 0 aliphatic rings. The monoisotopic (exact) mass is 464 g/mol. The van der Waals surface area contributed by atoms with E-state index in [1.165, 1.54) is 28.6 Å². The van der Waals surface area contributed by atoms with Crippen molar-refractivity contribution in [3.8, 4) is 0 Å². The molecule has 5 nitrogen and oxygen atoms in total. The first-order valence-corrected chi connectivity index (χ1v) is 11.8. The summed E-state index contributed by atoms with van der Waals surface area (Å²) in [7, 11) is -3.93. The predicted octanol–water partition coefficient (Wildman–Crippen LogP) is 5.32. The fourth-order valence-corrected chi connectivity index (χ4v) is 4.96. The first-order chi connectivity index (χ1) is 15.4. The van der Waals surface area contributed by atoms with Crippen LogP contribution < -0.4 is 5.32 Å². The number of hydrogen-bond donors (Lipinski definition) is 1. The van der Waals surface area contributed by atoms with E-state index >= 15 is 0 Å². The molecule has 0 fully saturated rings. The van der Waals surface area contributed by atoms with Gasteiger partial charge in [0.15, 0.2) is 0 Å². The number of benzene rings is 4. The van der Waals surface area contributed by atoms with E-state index in [0.717, 1.165) is 16.3 Å². The quantitative estimate of drug-likeness (QED) is 0.402. The molecule has 0 aliphatic carbocycles. The molecule has 4 aromatic rings. The molecule has 7 heteroatoms. The third-order valence-corrected chi connectivity index (χ3v) is 7.09. The van der Waals surface area contributed by atoms with Gasteiger partial charge in [0.1, 0.15) is 0 Å². The topological polar surface area (TPSA) is 66.5 Å². The van der Waals surface area contributed by atoms with Gasteiger partial charge >= 0.3 is 0 Å². The van der Waals surface area contributed by atoms with E-state index in [1.807, 2.05) is 66.7 Å². The summed E-state index contributed by atoms with van der Waals surface area (Å²) in [6.45, 7) is -0.266. The molecule has 4 rings (SSSR count). The Morgan fingerprint density at radius 2 is 1.47 bits per heavy atom. The molecule has 1 N–H and O–H groups in total. The molecule has 0 spiro atoms. The summed E-state index contributed by atoms with van der Waals surface area (Å²) in [4.78, 5) is 13.0. The van der Waals surface area contributed by atoms with Crippen molar-refractivity contribution in [1.82, 2.24) is 4.31 Å². The highest BCUT2D eigenvalue weighted by atomic mass is 35.5. The fraction of sp³-hybridized carbons (Fsp3) is 0.0800. The Kier molecular flexibility index (Phi) is 6.55. The first kappa shape index (κ1) is 22.0. The summed E-state index contributed by atoms with van der Waals surface area (Å²) >= 11 is 5.92. The number of carbonyl (C=O) groups is 1. The molecule has 0 heterocycles. The van der Waals surface area contributed by atoms with Crippen LogP contribution in [0, 0.1) is 0 Å². The van der Waals surface area contributed by atoms with Crippen LogP contribution in [0.4, 0.5) is 5.69 Å². The summed E-state index contributed by atoms with van der Waals surface area (Å²) in [6, 6.07) is 28.4. The third-order valence-electron chi connectivity index (χ3n) is 5.04. The summed E-state index contributed by atoms with van der Waals surface area (Å²) in [5.74, 6) is -0.421. The van der Waals surface area contributed by atoms with Crippen molar-refractivity contribution in [2.45, 2.75) is 11.4 Å². The molecule has 32 heavy (non-hydrogen) atoms. The van der Waals surface area contributed by atoms with Crippen LogP contribution in [0.15, 0.2) is 102 Å². The molecule has 0 aromatic heterocycles. The largest absolute Gasteiger partial charge is 0.324 e. The molecule has 0 unspecified atom stereocenters. The van der Waals surface area contributed by atoms with Crippen molar-refractivity contribution in [3.05, 3.63) is 108 Å². The van der Waals surface area contributed by atoms with Gasteiger partial charge in [-0.15, -0.1) is 0 Å². The van der Waals surface area contributed by atoms with E-state index in [2.05, 4.69) is 5.32 Å². The van der Waals surface area contributed by atoms with E-state index in [-0.39, 0.29) is 18.0 Å². The molecule has 0 radical (unpaired) electrons. The van der Waals surface area contributed by atoms with Crippen molar-refractivity contribution >= 4 is 44.0 Å². The van der Waals surface area contributed by atoms with Gasteiger partial charge in [-0.25, -0.2) is 8.42 Å². The van der Waals surface area contributed by atoms with Crippen LogP contribution in [0.1, 0.15) is 5.56 Å². The van der Waals surface area contributed by atoms with Gasteiger partial charge in [-0.1, -0.05) is 78.3 Å². The molecule has 0 atom stereocenters. The first-order valence-electron chi connectivity index (χ1n) is 10.0. The van der Waals surface area contributed by atoms with Gasteiger partial charge in [0.05, 0.1) is 11.4 Å². The highest BCUT2D eigenvalue weighted by molar-refractivity contribution is 7.89. The van der Waals surface area contributed by atoms with Crippen LogP contribution in [0.5, 0.6) is 0 Å². The summed E-state index contributed by atoms with van der Waals surface area (Å²) in [5.41, 5.74) is 1.42. The predicted molar refractivity (Wildman–Crippen MR) is 128 cm³/mol. The van der Waals surface area contributed by atoms with Gasteiger partial charge < -0.3 is 5.32 Å². The molecule has 4 aromatic carbocycles.